The van der Waals surface area contributed by atoms with Crippen molar-refractivity contribution in [2.75, 3.05) is 0 Å². The van der Waals surface area contributed by atoms with Crippen molar-refractivity contribution in [2.24, 2.45) is 0 Å². The highest BCUT2D eigenvalue weighted by Crippen LogP contribution is 2.28. The summed E-state index contributed by atoms with van der Waals surface area (Å²) in [5.74, 6) is 1.47. The number of unbranched alkanes of at least 4 members (excludes halogenated alkanes) is 1. The molecule has 3 aromatic heterocycles. The summed E-state index contributed by atoms with van der Waals surface area (Å²) in [7, 11) is 0. The van der Waals surface area contributed by atoms with Gasteiger partial charge in [-0.15, -0.1) is 15.3 Å². The first-order valence-corrected chi connectivity index (χ1v) is 12.0. The lowest BCUT2D eigenvalue weighted by atomic mass is 10.0. The molecule has 36 heavy (non-hydrogen) atoms. The first-order chi connectivity index (χ1) is 17.7. The zero-order valence-electron chi connectivity index (χ0n) is 20.0. The van der Waals surface area contributed by atoms with E-state index < -0.39 is 0 Å². The van der Waals surface area contributed by atoms with E-state index in [0.717, 1.165) is 53.2 Å². The predicted octanol–water partition coefficient (Wildman–Crippen LogP) is 4.34. The molecule has 0 aliphatic heterocycles. The number of aryl methyl sites for hydroxylation is 1. The van der Waals surface area contributed by atoms with Crippen LogP contribution in [0, 0.1) is 0 Å². The van der Waals surface area contributed by atoms with Crippen molar-refractivity contribution in [1.82, 2.24) is 40.4 Å². The lowest BCUT2D eigenvalue weighted by Crippen LogP contribution is -2.08. The van der Waals surface area contributed by atoms with E-state index in [1.165, 1.54) is 0 Å². The number of hydrogen-bond acceptors (Lipinski definition) is 7. The summed E-state index contributed by atoms with van der Waals surface area (Å²) in [6.45, 7) is 2.86. The number of hydrogen-bond donors (Lipinski definition) is 1. The van der Waals surface area contributed by atoms with E-state index >= 15 is 0 Å². The highest BCUT2D eigenvalue weighted by molar-refractivity contribution is 5.94. The Morgan fingerprint density at radius 1 is 0.944 bits per heavy atom. The molecule has 0 fully saturated rings. The molecule has 0 saturated heterocycles. The maximum atomic E-state index is 12.9. The molecule has 9 heteroatoms. The van der Waals surface area contributed by atoms with E-state index in [9.17, 15) is 4.79 Å². The fraction of sp³-hybridized carbons (Fsp3) is 0.222. The van der Waals surface area contributed by atoms with Crippen molar-refractivity contribution >= 4 is 5.78 Å². The number of ketones is 1. The van der Waals surface area contributed by atoms with Gasteiger partial charge in [-0.05, 0) is 28.8 Å². The van der Waals surface area contributed by atoms with Gasteiger partial charge >= 0.3 is 0 Å². The number of rotatable bonds is 10. The van der Waals surface area contributed by atoms with Crippen LogP contribution < -0.4 is 0 Å². The fourth-order valence-corrected chi connectivity index (χ4v) is 4.02. The highest BCUT2D eigenvalue weighted by Gasteiger charge is 2.18. The molecular weight excluding hydrogens is 452 g/mol. The zero-order chi connectivity index (χ0) is 24.7. The number of pyridine rings is 1. The molecule has 0 bridgehead atoms. The molecule has 180 valence electrons. The Kier molecular flexibility index (Phi) is 6.98. The summed E-state index contributed by atoms with van der Waals surface area (Å²) in [5, 5.41) is 18.9. The van der Waals surface area contributed by atoms with Crippen molar-refractivity contribution in [3.05, 3.63) is 95.7 Å². The zero-order valence-corrected chi connectivity index (χ0v) is 20.0. The second-order valence-corrected chi connectivity index (χ2v) is 8.52. The molecule has 5 rings (SSSR count). The molecule has 3 heterocycles. The van der Waals surface area contributed by atoms with Gasteiger partial charge in [-0.3, -0.25) is 9.78 Å². The summed E-state index contributed by atoms with van der Waals surface area (Å²) in [6, 6.07) is 21.5. The molecule has 0 aliphatic rings. The van der Waals surface area contributed by atoms with Gasteiger partial charge in [0.25, 0.3) is 0 Å². The van der Waals surface area contributed by atoms with Crippen molar-refractivity contribution in [2.45, 2.75) is 39.2 Å². The van der Waals surface area contributed by atoms with Gasteiger partial charge in [-0.25, -0.2) is 9.67 Å². The van der Waals surface area contributed by atoms with E-state index in [4.69, 9.17) is 4.98 Å². The number of Topliss-reactive ketones (excluding diaryl/α,β-unsaturated/α-hetero) is 1. The Bertz CT molecular complexity index is 1430. The molecule has 0 aliphatic carbocycles. The minimum absolute atomic E-state index is 0.0794. The first kappa shape index (κ1) is 23.2. The van der Waals surface area contributed by atoms with Crippen LogP contribution in [0.5, 0.6) is 0 Å². The van der Waals surface area contributed by atoms with Crippen LogP contribution in [0.3, 0.4) is 0 Å². The monoisotopic (exact) mass is 478 g/mol. The molecule has 0 radical (unpaired) electrons. The number of carbonyl (C=O) groups is 1. The third-order valence-corrected chi connectivity index (χ3v) is 5.90. The van der Waals surface area contributed by atoms with Gasteiger partial charge < -0.3 is 0 Å². The maximum absolute atomic E-state index is 12.9. The normalized spacial score (nSPS) is 11.0. The molecule has 5 aromatic rings. The second kappa shape index (κ2) is 10.8. The van der Waals surface area contributed by atoms with Gasteiger partial charge in [-0.2, -0.15) is 5.21 Å². The molecule has 0 saturated carbocycles. The van der Waals surface area contributed by atoms with Crippen LogP contribution in [0.2, 0.25) is 0 Å². The lowest BCUT2D eigenvalue weighted by Gasteiger charge is -2.08. The Morgan fingerprint density at radius 3 is 2.47 bits per heavy atom. The van der Waals surface area contributed by atoms with Gasteiger partial charge in [0.05, 0.1) is 5.69 Å². The Hall–Kier alpha value is -4.53. The number of carbonyl (C=O) groups excluding carboxylic acids is 1. The number of benzene rings is 2. The second-order valence-electron chi connectivity index (χ2n) is 8.52. The van der Waals surface area contributed by atoms with Gasteiger partial charge in [0.2, 0.25) is 17.4 Å². The van der Waals surface area contributed by atoms with E-state index in [1.807, 2.05) is 77.6 Å². The average molecular weight is 479 g/mol. The van der Waals surface area contributed by atoms with Gasteiger partial charge in [0.15, 0.2) is 0 Å². The van der Waals surface area contributed by atoms with Crippen LogP contribution >= 0.6 is 0 Å². The van der Waals surface area contributed by atoms with E-state index in [2.05, 4.69) is 37.6 Å². The average Bonchev–Trinajstić information content (AvgIpc) is 3.59. The van der Waals surface area contributed by atoms with Gasteiger partial charge in [0.1, 0.15) is 5.82 Å². The number of nitrogens with zero attached hydrogens (tertiary/aromatic N) is 7. The molecule has 2 aromatic carbocycles. The van der Waals surface area contributed by atoms with Crippen LogP contribution in [0.15, 0.2) is 72.9 Å². The smallest absolute Gasteiger partial charge is 0.217 e. The Balaban J connectivity index is 1.37. The van der Waals surface area contributed by atoms with Crippen molar-refractivity contribution in [3.63, 3.8) is 0 Å². The number of H-pyrrole nitrogens is 1. The summed E-state index contributed by atoms with van der Waals surface area (Å²) in [4.78, 5) is 22.2. The minimum atomic E-state index is -0.0794. The molecule has 1 N–H and O–H groups in total. The van der Waals surface area contributed by atoms with E-state index in [0.29, 0.717) is 12.2 Å². The summed E-state index contributed by atoms with van der Waals surface area (Å²) in [6.07, 6.45) is 4.66. The number of aromatic amines is 1. The summed E-state index contributed by atoms with van der Waals surface area (Å²) in [5.41, 5.74) is 4.53. The van der Waals surface area contributed by atoms with Crippen molar-refractivity contribution in [3.8, 4) is 22.6 Å². The Labute approximate surface area is 208 Å². The lowest BCUT2D eigenvalue weighted by molar-refractivity contribution is 0.0982. The van der Waals surface area contributed by atoms with E-state index in [1.54, 1.807) is 0 Å². The SMILES string of the molecule is CCCCn1nc(C(=O)Cc2ccccc2)nc1Cc1ccc(-c2ccccc2-c2nn[nH]n2)nc1. The summed E-state index contributed by atoms with van der Waals surface area (Å²) >= 11 is 0. The molecule has 9 nitrogen and oxygen atoms in total. The number of tetrazole rings is 1. The van der Waals surface area contributed by atoms with E-state index in [-0.39, 0.29) is 18.0 Å². The minimum Gasteiger partial charge on any atom is -0.290 e. The summed E-state index contributed by atoms with van der Waals surface area (Å²) < 4.78 is 1.86. The quantitative estimate of drug-likeness (QED) is 0.297. The third kappa shape index (κ3) is 5.25. The van der Waals surface area contributed by atoms with Crippen LogP contribution in [0.1, 0.15) is 47.3 Å². The first-order valence-electron chi connectivity index (χ1n) is 12.0. The predicted molar refractivity (Wildman–Crippen MR) is 135 cm³/mol. The molecule has 0 atom stereocenters. The molecular formula is C27H26N8O. The molecule has 0 amide bonds. The standard InChI is InChI=1S/C27H26N8O/c1-2-3-15-35-25(29-27(32-35)24(36)16-19-9-5-4-6-10-19)17-20-13-14-23(28-18-20)21-11-7-8-12-22(21)26-30-33-34-31-26/h4-14,18H,2-3,15-17H2,1H3,(H,30,31,33,34). The van der Waals surface area contributed by atoms with Crippen LogP contribution in [-0.2, 0) is 19.4 Å². The van der Waals surface area contributed by atoms with Crippen molar-refractivity contribution in [1.29, 1.82) is 0 Å². The number of aromatic nitrogens is 8. The van der Waals surface area contributed by atoms with Crippen LogP contribution in [0.25, 0.3) is 22.6 Å². The number of nitrogens with one attached hydrogen (secondary N) is 1. The largest absolute Gasteiger partial charge is 0.290 e. The maximum Gasteiger partial charge on any atom is 0.217 e. The van der Waals surface area contributed by atoms with Gasteiger partial charge in [-0.1, -0.05) is 74.0 Å². The fourth-order valence-electron chi connectivity index (χ4n) is 4.02. The molecule has 0 unspecified atom stereocenters. The molecule has 0 spiro atoms. The van der Waals surface area contributed by atoms with Gasteiger partial charge in [0, 0.05) is 36.7 Å². The van der Waals surface area contributed by atoms with Crippen LogP contribution in [0.4, 0.5) is 0 Å². The van der Waals surface area contributed by atoms with Crippen LogP contribution in [-0.4, -0.2) is 46.2 Å². The highest BCUT2D eigenvalue weighted by atomic mass is 16.1. The Morgan fingerprint density at radius 2 is 1.75 bits per heavy atom. The topological polar surface area (TPSA) is 115 Å². The third-order valence-electron chi connectivity index (χ3n) is 5.90. The van der Waals surface area contributed by atoms with Crippen molar-refractivity contribution < 1.29 is 4.79 Å².